The van der Waals surface area contributed by atoms with Gasteiger partial charge in [-0.2, -0.15) is 10.5 Å². The maximum absolute atomic E-state index is 11.5. The number of carbonyl (C=O) groups excluding carboxylic acids is 1. The maximum Gasteiger partial charge on any atom is 0.224 e. The highest BCUT2D eigenvalue weighted by Gasteiger charge is 2.06. The summed E-state index contributed by atoms with van der Waals surface area (Å²) in [7, 11) is 0. The Balaban J connectivity index is 2.66. The SMILES string of the molecule is N#Cc1ccc(NC(=O)CCCCCl)cc1C#N. The summed E-state index contributed by atoms with van der Waals surface area (Å²) >= 11 is 5.52. The first kappa shape index (κ1) is 14.0. The molecule has 18 heavy (non-hydrogen) atoms. The normalized spacial score (nSPS) is 9.28. The second kappa shape index (κ2) is 7.32. The van der Waals surface area contributed by atoms with E-state index in [1.165, 1.54) is 12.1 Å². The third-order valence-corrected chi connectivity index (χ3v) is 2.60. The van der Waals surface area contributed by atoms with Gasteiger partial charge in [-0.25, -0.2) is 0 Å². The number of hydrogen-bond donors (Lipinski definition) is 1. The van der Waals surface area contributed by atoms with Crippen LogP contribution in [0, 0.1) is 22.7 Å². The summed E-state index contributed by atoms with van der Waals surface area (Å²) in [6.45, 7) is 0. The lowest BCUT2D eigenvalue weighted by Gasteiger charge is -2.05. The van der Waals surface area contributed by atoms with E-state index in [-0.39, 0.29) is 11.5 Å². The van der Waals surface area contributed by atoms with Crippen LogP contribution in [0.2, 0.25) is 0 Å². The van der Waals surface area contributed by atoms with Gasteiger partial charge in [0, 0.05) is 18.0 Å². The van der Waals surface area contributed by atoms with Crippen LogP contribution in [0.4, 0.5) is 5.69 Å². The molecule has 5 heteroatoms. The highest BCUT2D eigenvalue weighted by atomic mass is 35.5. The van der Waals surface area contributed by atoms with Crippen molar-refractivity contribution in [2.24, 2.45) is 0 Å². The van der Waals surface area contributed by atoms with E-state index >= 15 is 0 Å². The second-order valence-electron chi connectivity index (χ2n) is 3.68. The summed E-state index contributed by atoms with van der Waals surface area (Å²) < 4.78 is 0. The van der Waals surface area contributed by atoms with Gasteiger partial charge in [-0.3, -0.25) is 4.79 Å². The van der Waals surface area contributed by atoms with E-state index in [1.807, 2.05) is 12.1 Å². The molecule has 0 saturated heterocycles. The lowest BCUT2D eigenvalue weighted by atomic mass is 10.1. The number of hydrogen-bond acceptors (Lipinski definition) is 3. The summed E-state index contributed by atoms with van der Waals surface area (Å²) in [6, 6.07) is 8.47. The molecular formula is C13H12ClN3O. The fourth-order valence-corrected chi connectivity index (χ4v) is 1.60. The van der Waals surface area contributed by atoms with Crippen LogP contribution in [0.15, 0.2) is 18.2 Å². The van der Waals surface area contributed by atoms with E-state index in [2.05, 4.69) is 5.32 Å². The monoisotopic (exact) mass is 261 g/mol. The average Bonchev–Trinajstić information content (AvgIpc) is 2.39. The molecule has 92 valence electrons. The van der Waals surface area contributed by atoms with Crippen molar-refractivity contribution in [2.45, 2.75) is 19.3 Å². The van der Waals surface area contributed by atoms with Gasteiger partial charge in [0.05, 0.1) is 11.1 Å². The van der Waals surface area contributed by atoms with Crippen molar-refractivity contribution in [3.8, 4) is 12.1 Å². The van der Waals surface area contributed by atoms with Crippen molar-refractivity contribution in [3.63, 3.8) is 0 Å². The van der Waals surface area contributed by atoms with Gasteiger partial charge in [0.15, 0.2) is 0 Å². The van der Waals surface area contributed by atoms with Gasteiger partial charge < -0.3 is 5.32 Å². The molecule has 0 aromatic heterocycles. The molecular weight excluding hydrogens is 250 g/mol. The van der Waals surface area contributed by atoms with Crippen molar-refractivity contribution in [3.05, 3.63) is 29.3 Å². The first-order valence-corrected chi connectivity index (χ1v) is 6.04. The molecule has 0 aliphatic rings. The van der Waals surface area contributed by atoms with Gasteiger partial charge in [0.25, 0.3) is 0 Å². The van der Waals surface area contributed by atoms with Crippen LogP contribution >= 0.6 is 11.6 Å². The molecule has 1 rings (SSSR count). The van der Waals surface area contributed by atoms with Crippen LogP contribution in [0.1, 0.15) is 30.4 Å². The first-order chi connectivity index (χ1) is 8.71. The van der Waals surface area contributed by atoms with Crippen molar-refractivity contribution in [2.75, 3.05) is 11.2 Å². The number of nitrogens with one attached hydrogen (secondary N) is 1. The van der Waals surface area contributed by atoms with Crippen LogP contribution in [0.3, 0.4) is 0 Å². The van der Waals surface area contributed by atoms with Crippen molar-refractivity contribution in [1.82, 2.24) is 0 Å². The number of nitriles is 2. The van der Waals surface area contributed by atoms with Gasteiger partial charge in [-0.1, -0.05) is 0 Å². The molecule has 0 radical (unpaired) electrons. The summed E-state index contributed by atoms with van der Waals surface area (Å²) in [5, 5.41) is 20.3. The molecule has 0 unspecified atom stereocenters. The Labute approximate surface area is 111 Å². The van der Waals surface area contributed by atoms with Crippen LogP contribution in [0.25, 0.3) is 0 Å². The van der Waals surface area contributed by atoms with Gasteiger partial charge in [0.2, 0.25) is 5.91 Å². The van der Waals surface area contributed by atoms with Gasteiger partial charge >= 0.3 is 0 Å². The summed E-state index contributed by atoms with van der Waals surface area (Å²) in [5.74, 6) is 0.427. The van der Waals surface area contributed by atoms with Crippen LogP contribution in [-0.2, 0) is 4.79 Å². The topological polar surface area (TPSA) is 76.7 Å². The molecule has 1 N–H and O–H groups in total. The van der Waals surface area contributed by atoms with E-state index in [0.29, 0.717) is 23.6 Å². The Bertz CT molecular complexity index is 514. The molecule has 4 nitrogen and oxygen atoms in total. The molecule has 0 spiro atoms. The van der Waals surface area contributed by atoms with Crippen molar-refractivity contribution in [1.29, 1.82) is 10.5 Å². The number of unbranched alkanes of at least 4 members (excludes halogenated alkanes) is 1. The molecule has 0 aliphatic carbocycles. The molecule has 0 saturated carbocycles. The van der Waals surface area contributed by atoms with Crippen molar-refractivity contribution < 1.29 is 4.79 Å². The number of nitrogens with zero attached hydrogens (tertiary/aromatic N) is 2. The van der Waals surface area contributed by atoms with Crippen LogP contribution in [0.5, 0.6) is 0 Å². The van der Waals surface area contributed by atoms with E-state index in [9.17, 15) is 4.79 Å². The Kier molecular flexibility index (Phi) is 5.70. The molecule has 1 aromatic rings. The third-order valence-electron chi connectivity index (χ3n) is 2.33. The third kappa shape index (κ3) is 4.08. The molecule has 0 heterocycles. The van der Waals surface area contributed by atoms with Gasteiger partial charge in [-0.15, -0.1) is 11.6 Å². The van der Waals surface area contributed by atoms with E-state index in [0.717, 1.165) is 12.8 Å². The quantitative estimate of drug-likeness (QED) is 0.654. The summed E-state index contributed by atoms with van der Waals surface area (Å²) in [5.41, 5.74) is 1.09. The number of halogens is 1. The number of amides is 1. The molecule has 0 aliphatic heterocycles. The fourth-order valence-electron chi connectivity index (χ4n) is 1.42. The highest BCUT2D eigenvalue weighted by Crippen LogP contribution is 2.15. The fraction of sp³-hybridized carbons (Fsp3) is 0.308. The number of alkyl halides is 1. The van der Waals surface area contributed by atoms with Gasteiger partial charge in [0.1, 0.15) is 12.1 Å². The minimum atomic E-state index is -0.117. The Morgan fingerprint density at radius 3 is 2.56 bits per heavy atom. The Morgan fingerprint density at radius 1 is 1.22 bits per heavy atom. The molecule has 1 aromatic carbocycles. The predicted molar refractivity (Wildman–Crippen MR) is 69.1 cm³/mol. The number of anilines is 1. The Morgan fingerprint density at radius 2 is 1.94 bits per heavy atom. The van der Waals surface area contributed by atoms with E-state index in [1.54, 1.807) is 6.07 Å². The predicted octanol–water partition coefficient (Wildman–Crippen LogP) is 2.78. The number of carbonyl (C=O) groups is 1. The van der Waals surface area contributed by atoms with E-state index in [4.69, 9.17) is 22.1 Å². The minimum absolute atomic E-state index is 0.117. The lowest BCUT2D eigenvalue weighted by Crippen LogP contribution is -2.11. The smallest absolute Gasteiger partial charge is 0.224 e. The maximum atomic E-state index is 11.5. The molecule has 0 atom stereocenters. The molecule has 0 fully saturated rings. The standard InChI is InChI=1S/C13H12ClN3O/c14-6-2-1-3-13(18)17-12-5-4-10(8-15)11(7-12)9-16/h4-5,7H,1-3,6H2,(H,17,18). The summed E-state index contributed by atoms with van der Waals surface area (Å²) in [4.78, 5) is 11.5. The van der Waals surface area contributed by atoms with Crippen LogP contribution in [-0.4, -0.2) is 11.8 Å². The highest BCUT2D eigenvalue weighted by molar-refractivity contribution is 6.17. The Hall–Kier alpha value is -2.04. The van der Waals surface area contributed by atoms with Crippen LogP contribution < -0.4 is 5.32 Å². The number of benzene rings is 1. The van der Waals surface area contributed by atoms with Crippen molar-refractivity contribution >= 4 is 23.2 Å². The summed E-state index contributed by atoms with van der Waals surface area (Å²) in [6.07, 6.45) is 1.93. The zero-order valence-electron chi connectivity index (χ0n) is 9.74. The molecule has 1 amide bonds. The van der Waals surface area contributed by atoms with Gasteiger partial charge in [-0.05, 0) is 31.0 Å². The number of rotatable bonds is 5. The zero-order valence-corrected chi connectivity index (χ0v) is 10.5. The molecule has 0 bridgehead atoms. The van der Waals surface area contributed by atoms with E-state index < -0.39 is 0 Å². The average molecular weight is 262 g/mol. The largest absolute Gasteiger partial charge is 0.326 e. The zero-order chi connectivity index (χ0) is 13.4. The first-order valence-electron chi connectivity index (χ1n) is 5.51. The second-order valence-corrected chi connectivity index (χ2v) is 4.06. The lowest BCUT2D eigenvalue weighted by molar-refractivity contribution is -0.116. The minimum Gasteiger partial charge on any atom is -0.326 e.